The van der Waals surface area contributed by atoms with Crippen molar-refractivity contribution < 1.29 is 4.79 Å². The minimum atomic E-state index is 0.0823. The van der Waals surface area contributed by atoms with Crippen LogP contribution in [0.3, 0.4) is 0 Å². The van der Waals surface area contributed by atoms with Crippen molar-refractivity contribution in [3.8, 4) is 0 Å². The topological polar surface area (TPSA) is 77.0 Å². The summed E-state index contributed by atoms with van der Waals surface area (Å²) in [5.74, 6) is 1.32. The summed E-state index contributed by atoms with van der Waals surface area (Å²) in [5.41, 5.74) is 7.37. The Morgan fingerprint density at radius 2 is 2.08 bits per heavy atom. The largest absolute Gasteiger partial charge is 0.338 e. The molecule has 24 heavy (non-hydrogen) atoms. The molecule has 0 spiro atoms. The van der Waals surface area contributed by atoms with Crippen LogP contribution in [0.15, 0.2) is 30.6 Å². The van der Waals surface area contributed by atoms with Crippen molar-refractivity contribution in [1.82, 2.24) is 19.7 Å². The molecule has 6 heteroatoms. The first-order valence-electron chi connectivity index (χ1n) is 8.58. The number of carbonyl (C=O) groups is 1. The average molecular weight is 327 g/mol. The van der Waals surface area contributed by atoms with Gasteiger partial charge >= 0.3 is 0 Å². The second-order valence-electron chi connectivity index (χ2n) is 6.68. The zero-order chi connectivity index (χ0) is 17.1. The van der Waals surface area contributed by atoms with Crippen LogP contribution in [0.5, 0.6) is 0 Å². The Morgan fingerprint density at radius 3 is 2.75 bits per heavy atom. The van der Waals surface area contributed by atoms with Gasteiger partial charge in [-0.05, 0) is 44.4 Å². The van der Waals surface area contributed by atoms with Gasteiger partial charge in [0, 0.05) is 37.2 Å². The molecule has 1 aromatic carbocycles. The minimum absolute atomic E-state index is 0.0823. The molecule has 3 rings (SSSR count). The molecule has 128 valence electrons. The van der Waals surface area contributed by atoms with Crippen molar-refractivity contribution in [2.45, 2.75) is 45.2 Å². The van der Waals surface area contributed by atoms with E-state index in [2.05, 4.69) is 28.6 Å². The summed E-state index contributed by atoms with van der Waals surface area (Å²) >= 11 is 0. The van der Waals surface area contributed by atoms with Gasteiger partial charge in [0.15, 0.2) is 0 Å². The number of hydrogen-bond donors (Lipinski definition) is 1. The first kappa shape index (κ1) is 16.6. The second-order valence-corrected chi connectivity index (χ2v) is 6.68. The molecule has 1 amide bonds. The Balaban J connectivity index is 1.75. The van der Waals surface area contributed by atoms with E-state index in [0.717, 1.165) is 36.3 Å². The third kappa shape index (κ3) is 3.33. The number of hydrogen-bond acceptors (Lipinski definition) is 4. The van der Waals surface area contributed by atoms with Gasteiger partial charge in [0.05, 0.1) is 0 Å². The maximum Gasteiger partial charge on any atom is 0.253 e. The van der Waals surface area contributed by atoms with Crippen molar-refractivity contribution in [2.75, 3.05) is 13.1 Å². The Morgan fingerprint density at radius 1 is 1.33 bits per heavy atom. The van der Waals surface area contributed by atoms with Crippen molar-refractivity contribution in [3.05, 3.63) is 47.5 Å². The average Bonchev–Trinajstić information content (AvgIpc) is 3.11. The number of nitrogens with zero attached hydrogens (tertiary/aromatic N) is 4. The molecular formula is C18H25N5O. The lowest BCUT2D eigenvalue weighted by atomic mass is 9.96. The molecule has 0 radical (unpaired) electrons. The molecule has 1 aromatic heterocycles. The van der Waals surface area contributed by atoms with E-state index < -0.39 is 0 Å². The van der Waals surface area contributed by atoms with Crippen LogP contribution in [0.1, 0.15) is 60.4 Å². The molecule has 0 aliphatic carbocycles. The monoisotopic (exact) mass is 327 g/mol. The summed E-state index contributed by atoms with van der Waals surface area (Å²) in [6, 6.07) is 7.90. The van der Waals surface area contributed by atoms with Gasteiger partial charge in [-0.15, -0.1) is 10.2 Å². The smallest absolute Gasteiger partial charge is 0.253 e. The van der Waals surface area contributed by atoms with Crippen LogP contribution in [-0.4, -0.2) is 38.7 Å². The Bertz CT molecular complexity index is 692. The van der Waals surface area contributed by atoms with E-state index in [-0.39, 0.29) is 11.8 Å². The van der Waals surface area contributed by atoms with E-state index in [1.54, 1.807) is 6.33 Å². The summed E-state index contributed by atoms with van der Waals surface area (Å²) in [6.07, 6.45) is 3.82. The van der Waals surface area contributed by atoms with Crippen LogP contribution in [0.2, 0.25) is 0 Å². The number of carbonyl (C=O) groups excluding carboxylic acids is 1. The predicted octanol–water partition coefficient (Wildman–Crippen LogP) is 2.34. The van der Waals surface area contributed by atoms with Gasteiger partial charge in [0.25, 0.3) is 5.91 Å². The Hall–Kier alpha value is -2.21. The summed E-state index contributed by atoms with van der Waals surface area (Å²) in [7, 11) is 0. The molecule has 1 fully saturated rings. The van der Waals surface area contributed by atoms with E-state index in [1.165, 1.54) is 0 Å². The number of piperidine rings is 1. The highest BCUT2D eigenvalue weighted by atomic mass is 16.2. The van der Waals surface area contributed by atoms with E-state index in [4.69, 9.17) is 5.73 Å². The lowest BCUT2D eigenvalue weighted by molar-refractivity contribution is 0.0703. The number of aromatic nitrogens is 3. The van der Waals surface area contributed by atoms with Crippen molar-refractivity contribution in [3.63, 3.8) is 0 Å². The maximum absolute atomic E-state index is 12.8. The summed E-state index contributed by atoms with van der Waals surface area (Å²) in [5, 5.41) is 8.37. The number of rotatable bonds is 4. The number of likely N-dealkylation sites (tertiary alicyclic amines) is 1. The third-order valence-corrected chi connectivity index (χ3v) is 4.67. The molecule has 1 aliphatic heterocycles. The van der Waals surface area contributed by atoms with Crippen molar-refractivity contribution in [1.29, 1.82) is 0 Å². The van der Waals surface area contributed by atoms with Crippen LogP contribution < -0.4 is 5.73 Å². The quantitative estimate of drug-likeness (QED) is 0.935. The molecule has 1 aliphatic rings. The Kier molecular flexibility index (Phi) is 4.94. The lowest BCUT2D eigenvalue weighted by Gasteiger charge is -2.32. The fourth-order valence-electron chi connectivity index (χ4n) is 3.28. The molecule has 0 bridgehead atoms. The molecule has 1 saturated heterocycles. The van der Waals surface area contributed by atoms with Gasteiger partial charge in [-0.25, -0.2) is 0 Å². The number of amides is 1. The van der Waals surface area contributed by atoms with E-state index in [9.17, 15) is 4.79 Å². The molecule has 2 heterocycles. The van der Waals surface area contributed by atoms with E-state index >= 15 is 0 Å². The summed E-state index contributed by atoms with van der Waals surface area (Å²) in [6.45, 7) is 6.23. The van der Waals surface area contributed by atoms with Crippen LogP contribution in [0, 0.1) is 0 Å². The van der Waals surface area contributed by atoms with Gasteiger partial charge in [-0.1, -0.05) is 12.1 Å². The minimum Gasteiger partial charge on any atom is -0.338 e. The SMILES string of the molecule is CC(C)n1cnnc1[C@@H]1CCCN(C(=O)c2ccc(CN)cc2)C1. The van der Waals surface area contributed by atoms with Gasteiger partial charge in [-0.3, -0.25) is 4.79 Å². The highest BCUT2D eigenvalue weighted by Gasteiger charge is 2.28. The van der Waals surface area contributed by atoms with Crippen molar-refractivity contribution >= 4 is 5.91 Å². The van der Waals surface area contributed by atoms with Gasteiger partial charge in [0.2, 0.25) is 0 Å². The first-order valence-corrected chi connectivity index (χ1v) is 8.58. The molecule has 0 unspecified atom stereocenters. The van der Waals surface area contributed by atoms with E-state index in [1.807, 2.05) is 29.2 Å². The molecule has 6 nitrogen and oxygen atoms in total. The Labute approximate surface area is 142 Å². The lowest BCUT2D eigenvalue weighted by Crippen LogP contribution is -2.39. The number of benzene rings is 1. The standard InChI is InChI=1S/C18H25N5O/c1-13(2)23-12-20-21-17(23)16-4-3-9-22(11-16)18(24)15-7-5-14(10-19)6-8-15/h5-8,12-13,16H,3-4,9-11,19H2,1-2H3/t16-/m1/s1. The van der Waals surface area contributed by atoms with E-state index in [0.29, 0.717) is 19.1 Å². The maximum atomic E-state index is 12.8. The van der Waals surface area contributed by atoms with Crippen LogP contribution in [0.4, 0.5) is 0 Å². The van der Waals surface area contributed by atoms with Crippen LogP contribution >= 0.6 is 0 Å². The zero-order valence-electron chi connectivity index (χ0n) is 14.4. The van der Waals surface area contributed by atoms with Gasteiger partial charge in [0.1, 0.15) is 12.2 Å². The van der Waals surface area contributed by atoms with Crippen molar-refractivity contribution in [2.24, 2.45) is 5.73 Å². The molecule has 1 atom stereocenters. The van der Waals surface area contributed by atoms with Gasteiger partial charge in [-0.2, -0.15) is 0 Å². The van der Waals surface area contributed by atoms with Gasteiger partial charge < -0.3 is 15.2 Å². The first-order chi connectivity index (χ1) is 11.6. The molecular weight excluding hydrogens is 302 g/mol. The fourth-order valence-corrected chi connectivity index (χ4v) is 3.28. The fraction of sp³-hybridized carbons (Fsp3) is 0.500. The predicted molar refractivity (Wildman–Crippen MR) is 92.6 cm³/mol. The third-order valence-electron chi connectivity index (χ3n) is 4.67. The highest BCUT2D eigenvalue weighted by Crippen LogP contribution is 2.27. The summed E-state index contributed by atoms with van der Waals surface area (Å²) in [4.78, 5) is 14.7. The summed E-state index contributed by atoms with van der Waals surface area (Å²) < 4.78 is 2.11. The second kappa shape index (κ2) is 7.13. The normalized spacial score (nSPS) is 18.2. The zero-order valence-corrected chi connectivity index (χ0v) is 14.4. The molecule has 2 aromatic rings. The number of nitrogens with two attached hydrogens (primary N) is 1. The van der Waals surface area contributed by atoms with Crippen LogP contribution in [0.25, 0.3) is 0 Å². The molecule has 2 N–H and O–H groups in total. The van der Waals surface area contributed by atoms with Crippen LogP contribution in [-0.2, 0) is 6.54 Å². The molecule has 0 saturated carbocycles. The highest BCUT2D eigenvalue weighted by molar-refractivity contribution is 5.94.